The van der Waals surface area contributed by atoms with Gasteiger partial charge in [0, 0.05) is 59.5 Å². The van der Waals surface area contributed by atoms with Crippen molar-refractivity contribution in [2.24, 2.45) is 0 Å². The fraction of sp³-hybridized carbons (Fsp3) is 0.370. The molecule has 2 aliphatic rings. The van der Waals surface area contributed by atoms with Crippen molar-refractivity contribution in [2.75, 3.05) is 37.1 Å². The summed E-state index contributed by atoms with van der Waals surface area (Å²) in [4.78, 5) is 2.42. The van der Waals surface area contributed by atoms with Gasteiger partial charge in [0.05, 0.1) is 12.5 Å². The Morgan fingerprint density at radius 2 is 1.35 bits per heavy atom. The van der Waals surface area contributed by atoms with Crippen molar-refractivity contribution in [1.82, 2.24) is 0 Å². The molecule has 4 aromatic rings. The summed E-state index contributed by atoms with van der Waals surface area (Å²) in [5.74, 6) is 0.314. The van der Waals surface area contributed by atoms with Crippen LogP contribution < -0.4 is 4.90 Å². The van der Waals surface area contributed by atoms with Crippen LogP contribution in [0.25, 0.3) is 21.5 Å². The largest absolute Gasteiger partial charge is 0.344 e. The van der Waals surface area contributed by atoms with Crippen molar-refractivity contribution in [1.29, 1.82) is 0 Å². The summed E-state index contributed by atoms with van der Waals surface area (Å²) < 4.78 is 37.0. The number of hydrogen-bond donors (Lipinski definition) is 1. The molecular formula is C46H59N2O4S2+. The molecule has 0 fully saturated rings. The van der Waals surface area contributed by atoms with Crippen molar-refractivity contribution in [3.63, 3.8) is 0 Å². The molecule has 4 aromatic carbocycles. The fourth-order valence-electron chi connectivity index (χ4n) is 7.76. The molecule has 1 N–H and O–H groups in total. The number of unbranched alkanes of at least 4 members (excludes halogenated alkanes) is 1. The Balaban J connectivity index is 0.000000858. The second kappa shape index (κ2) is 19.6. The normalized spacial score (nSPS) is 17.6. The lowest BCUT2D eigenvalue weighted by Crippen LogP contribution is -2.28. The summed E-state index contributed by atoms with van der Waals surface area (Å²) in [6, 6.07) is 26.4. The minimum Gasteiger partial charge on any atom is -0.344 e. The van der Waals surface area contributed by atoms with Crippen molar-refractivity contribution >= 4 is 60.8 Å². The third-order valence-corrected chi connectivity index (χ3v) is 11.2. The van der Waals surface area contributed by atoms with Crippen molar-refractivity contribution in [3.8, 4) is 0 Å². The van der Waals surface area contributed by atoms with Gasteiger partial charge in [-0.2, -0.15) is 4.58 Å². The molecule has 6 nitrogen and oxygen atoms in total. The zero-order valence-corrected chi connectivity index (χ0v) is 35.2. The first-order valence-electron chi connectivity index (χ1n) is 19.1. The highest BCUT2D eigenvalue weighted by Gasteiger charge is 2.45. The van der Waals surface area contributed by atoms with E-state index in [4.69, 9.17) is 0 Å². The van der Waals surface area contributed by atoms with Gasteiger partial charge >= 0.3 is 0 Å². The highest BCUT2D eigenvalue weighted by molar-refractivity contribution is 7.79. The molecule has 0 bridgehead atoms. The summed E-state index contributed by atoms with van der Waals surface area (Å²) in [5, 5.41) is 5.17. The van der Waals surface area contributed by atoms with Gasteiger partial charge in [0.25, 0.3) is 0 Å². The van der Waals surface area contributed by atoms with Crippen LogP contribution in [0.4, 0.5) is 11.4 Å². The summed E-state index contributed by atoms with van der Waals surface area (Å²) in [7, 11) is 1.40. The van der Waals surface area contributed by atoms with Crippen molar-refractivity contribution in [2.45, 2.75) is 78.6 Å². The molecule has 0 saturated carbocycles. The Labute approximate surface area is 329 Å². The minimum atomic E-state index is -1.75. The quantitative estimate of drug-likeness (QED) is 0.0673. The summed E-state index contributed by atoms with van der Waals surface area (Å²) in [5.41, 5.74) is 7.63. The summed E-state index contributed by atoms with van der Waals surface area (Å²) in [6.07, 6.45) is 19.3. The maximum atomic E-state index is 11.3. The number of anilines is 1. The van der Waals surface area contributed by atoms with Crippen LogP contribution in [0.5, 0.6) is 0 Å². The Hall–Kier alpha value is -3.95. The van der Waals surface area contributed by atoms with Gasteiger partial charge in [-0.1, -0.05) is 120 Å². The van der Waals surface area contributed by atoms with Crippen LogP contribution in [0.1, 0.15) is 78.9 Å². The molecule has 0 radical (unpaired) electrons. The van der Waals surface area contributed by atoms with Gasteiger partial charge in [0.15, 0.2) is 27.9 Å². The molecular weight excluding hydrogens is 709 g/mol. The average Bonchev–Trinajstić information content (AvgIpc) is 3.52. The lowest BCUT2D eigenvalue weighted by Gasteiger charge is -2.27. The maximum Gasteiger partial charge on any atom is 0.210 e. The van der Waals surface area contributed by atoms with Crippen LogP contribution in [0.15, 0.2) is 121 Å². The molecule has 0 saturated heterocycles. The third kappa shape index (κ3) is 9.46. The van der Waals surface area contributed by atoms with E-state index in [0.717, 1.165) is 25.9 Å². The Morgan fingerprint density at radius 3 is 1.96 bits per heavy atom. The van der Waals surface area contributed by atoms with Gasteiger partial charge in [0.2, 0.25) is 5.69 Å². The van der Waals surface area contributed by atoms with E-state index in [0.29, 0.717) is 12.2 Å². The van der Waals surface area contributed by atoms with E-state index in [1.165, 1.54) is 68.8 Å². The predicted molar refractivity (Wildman–Crippen MR) is 234 cm³/mol. The predicted octanol–water partition coefficient (Wildman–Crippen LogP) is 11.1. The average molecular weight is 768 g/mol. The van der Waals surface area contributed by atoms with E-state index < -0.39 is 22.2 Å². The number of nitrogens with zero attached hydrogens (tertiary/aromatic N) is 2. The SMILES string of the molecule is CC.CCC[N+]1=C(/C=C/C=C/C=C/C=C2\N(CCCCS(=O)O)c3ccc4ccccc4c3C2(C)C)C(C)(C)c2c1ccc1ccccc21.COS(C)=O. The number of benzene rings is 4. The molecule has 0 amide bonds. The highest BCUT2D eigenvalue weighted by atomic mass is 32.2. The van der Waals surface area contributed by atoms with E-state index in [1.807, 2.05) is 13.8 Å². The monoisotopic (exact) mass is 767 g/mol. The molecule has 2 aliphatic heterocycles. The molecule has 0 aromatic heterocycles. The van der Waals surface area contributed by atoms with Gasteiger partial charge in [-0.15, -0.1) is 0 Å². The standard InChI is InChI=1S/C42H46N2O2S.C2H6O2S.C2H6/c1-6-28-43-35-26-24-31-18-12-14-20-33(31)39(35)41(2,3)37(43)22-10-8-7-9-11-23-38-42(4,5)40-34-21-15-13-19-32(34)25-27-36(40)44(38)29-16-17-30-47(45)46;1-4-5(2)3;1-2/h7-15,18-27H,6,16-17,28-30H2,1-5H3;1-2H3;1-2H3/p+1. The molecule has 2 heterocycles. The number of fused-ring (bicyclic) bond motifs is 6. The van der Waals surface area contributed by atoms with Gasteiger partial charge in [-0.3, -0.25) is 4.18 Å². The number of rotatable bonds is 12. The van der Waals surface area contributed by atoms with Crippen molar-refractivity contribution in [3.05, 3.63) is 132 Å². The first-order chi connectivity index (χ1) is 25.9. The molecule has 0 aliphatic carbocycles. The zero-order chi connectivity index (χ0) is 39.5. The Morgan fingerprint density at radius 1 is 0.778 bits per heavy atom. The lowest BCUT2D eigenvalue weighted by atomic mass is 9.79. The van der Waals surface area contributed by atoms with E-state index in [9.17, 15) is 13.0 Å². The molecule has 2 unspecified atom stereocenters. The van der Waals surface area contributed by atoms with Crippen LogP contribution in [0, 0.1) is 0 Å². The van der Waals surface area contributed by atoms with Gasteiger partial charge in [-0.05, 0) is 72.0 Å². The summed E-state index contributed by atoms with van der Waals surface area (Å²) >= 11 is -2.82. The zero-order valence-electron chi connectivity index (χ0n) is 33.6. The Bertz CT molecular complexity index is 2120. The highest BCUT2D eigenvalue weighted by Crippen LogP contribution is 2.51. The van der Waals surface area contributed by atoms with E-state index in [2.05, 4.69) is 164 Å². The molecule has 0 spiro atoms. The van der Waals surface area contributed by atoms with Crippen molar-refractivity contribution < 1.29 is 21.7 Å². The molecule has 288 valence electrons. The van der Waals surface area contributed by atoms with Crippen LogP contribution >= 0.6 is 0 Å². The number of allylic oxidation sites excluding steroid dienone is 8. The van der Waals surface area contributed by atoms with E-state index in [-0.39, 0.29) is 10.8 Å². The maximum absolute atomic E-state index is 11.3. The van der Waals surface area contributed by atoms with Gasteiger partial charge in [-0.25, -0.2) is 8.42 Å². The smallest absolute Gasteiger partial charge is 0.210 e. The molecule has 2 atom stereocenters. The first-order valence-corrected chi connectivity index (χ1v) is 21.8. The topological polar surface area (TPSA) is 69.8 Å². The van der Waals surface area contributed by atoms with E-state index >= 15 is 0 Å². The summed E-state index contributed by atoms with van der Waals surface area (Å²) in [6.45, 7) is 17.4. The molecule has 6 rings (SSSR count). The lowest BCUT2D eigenvalue weighted by molar-refractivity contribution is -0.437. The van der Waals surface area contributed by atoms with Crippen LogP contribution in [-0.2, 0) is 37.2 Å². The van der Waals surface area contributed by atoms with Crippen LogP contribution in [-0.4, -0.2) is 55.5 Å². The second-order valence-electron chi connectivity index (χ2n) is 14.3. The van der Waals surface area contributed by atoms with Crippen LogP contribution in [0.3, 0.4) is 0 Å². The number of hydrogen-bond acceptors (Lipinski definition) is 4. The Kier molecular flexibility index (Phi) is 15.5. The van der Waals surface area contributed by atoms with Gasteiger partial charge in [0.1, 0.15) is 6.54 Å². The minimum absolute atomic E-state index is 0.0983. The van der Waals surface area contributed by atoms with E-state index in [1.54, 1.807) is 0 Å². The fourth-order valence-corrected chi connectivity index (χ4v) is 8.21. The van der Waals surface area contributed by atoms with Crippen LogP contribution in [0.2, 0.25) is 0 Å². The van der Waals surface area contributed by atoms with Gasteiger partial charge < -0.3 is 9.45 Å². The molecule has 54 heavy (non-hydrogen) atoms. The second-order valence-corrected chi connectivity index (χ2v) is 16.5. The first kappa shape index (κ1) is 42.8. The third-order valence-electron chi connectivity index (χ3n) is 10.1. The molecule has 8 heteroatoms.